The van der Waals surface area contributed by atoms with Gasteiger partial charge in [-0.25, -0.2) is 4.39 Å². The molecule has 2 fully saturated rings. The van der Waals surface area contributed by atoms with E-state index in [1.165, 1.54) is 30.7 Å². The molecule has 2 saturated carbocycles. The number of benzene rings is 1. The number of hydrogen-bond donors (Lipinski definition) is 3. The highest BCUT2D eigenvalue weighted by molar-refractivity contribution is 6.08. The Morgan fingerprint density at radius 2 is 1.86 bits per heavy atom. The van der Waals surface area contributed by atoms with Gasteiger partial charge in [0.1, 0.15) is 12.1 Å². The molecule has 1 heterocycles. The van der Waals surface area contributed by atoms with Crippen LogP contribution in [-0.4, -0.2) is 23.9 Å². The molecule has 2 amide bonds. The molecule has 1 aromatic heterocycles. The highest BCUT2D eigenvalue weighted by Gasteiger charge is 2.40. The van der Waals surface area contributed by atoms with Crippen molar-refractivity contribution in [2.45, 2.75) is 44.2 Å². The third kappa shape index (κ3) is 3.80. The van der Waals surface area contributed by atoms with Crippen LogP contribution in [0.1, 0.15) is 52.8 Å². The smallest absolute Gasteiger partial charge is 0.258 e. The summed E-state index contributed by atoms with van der Waals surface area (Å²) in [4.78, 5) is 25.3. The Morgan fingerprint density at radius 1 is 1.11 bits per heavy atom. The maximum atomic E-state index is 13.8. The molecule has 2 aromatic rings. The van der Waals surface area contributed by atoms with Crippen LogP contribution in [0.25, 0.3) is 0 Å². The highest BCUT2D eigenvalue weighted by atomic mass is 19.1. The average molecular weight is 385 g/mol. The maximum absolute atomic E-state index is 13.8. The topological polar surface area (TPSA) is 97.4 Å². The first-order chi connectivity index (χ1) is 13.5. The van der Waals surface area contributed by atoms with E-state index < -0.39 is 11.7 Å². The molecule has 7 heteroatoms. The van der Waals surface area contributed by atoms with Crippen molar-refractivity contribution in [2.75, 3.05) is 5.32 Å². The van der Waals surface area contributed by atoms with E-state index in [1.54, 1.807) is 0 Å². The van der Waals surface area contributed by atoms with Gasteiger partial charge in [-0.05, 0) is 61.8 Å². The van der Waals surface area contributed by atoms with E-state index in [1.807, 2.05) is 0 Å². The van der Waals surface area contributed by atoms with Gasteiger partial charge in [-0.2, -0.15) is 0 Å². The Morgan fingerprint density at radius 3 is 2.54 bits per heavy atom. The summed E-state index contributed by atoms with van der Waals surface area (Å²) >= 11 is 0. The molecule has 0 radical (unpaired) electrons. The van der Waals surface area contributed by atoms with Gasteiger partial charge in [0.05, 0.1) is 23.1 Å². The summed E-state index contributed by atoms with van der Waals surface area (Å²) in [6.07, 6.45) is 7.77. The van der Waals surface area contributed by atoms with E-state index >= 15 is 0 Å². The van der Waals surface area contributed by atoms with E-state index in [0.717, 1.165) is 38.2 Å². The minimum Gasteiger partial charge on any atom is -0.472 e. The summed E-state index contributed by atoms with van der Waals surface area (Å²) in [7, 11) is 0. The lowest BCUT2D eigenvalue weighted by atomic mass is 9.67. The van der Waals surface area contributed by atoms with Crippen LogP contribution in [0.4, 0.5) is 10.1 Å². The van der Waals surface area contributed by atoms with Crippen molar-refractivity contribution in [1.82, 2.24) is 5.32 Å². The minimum atomic E-state index is -0.528. The number of nitrogens with two attached hydrogens (primary N) is 1. The van der Waals surface area contributed by atoms with Gasteiger partial charge in [0.15, 0.2) is 0 Å². The molecule has 0 saturated heterocycles. The number of nitrogens with one attached hydrogen (secondary N) is 2. The highest BCUT2D eigenvalue weighted by Crippen LogP contribution is 2.39. The first-order valence-electron chi connectivity index (χ1n) is 9.71. The van der Waals surface area contributed by atoms with E-state index in [0.29, 0.717) is 17.4 Å². The summed E-state index contributed by atoms with van der Waals surface area (Å²) in [6, 6.07) is 5.55. The van der Waals surface area contributed by atoms with Gasteiger partial charge >= 0.3 is 0 Å². The number of amides is 2. The van der Waals surface area contributed by atoms with E-state index in [-0.39, 0.29) is 29.2 Å². The molecular weight excluding hydrogens is 361 g/mol. The predicted octanol–water partition coefficient (Wildman–Crippen LogP) is 3.31. The number of rotatable bonds is 4. The van der Waals surface area contributed by atoms with Crippen molar-refractivity contribution >= 4 is 17.5 Å². The predicted molar refractivity (Wildman–Crippen MR) is 102 cm³/mol. The number of carbonyl (C=O) groups excluding carboxylic acids is 2. The van der Waals surface area contributed by atoms with Crippen LogP contribution in [0.2, 0.25) is 0 Å². The van der Waals surface area contributed by atoms with Crippen LogP contribution < -0.4 is 16.4 Å². The van der Waals surface area contributed by atoms with E-state index in [9.17, 15) is 14.0 Å². The Labute approximate surface area is 162 Å². The van der Waals surface area contributed by atoms with Crippen LogP contribution >= 0.6 is 0 Å². The van der Waals surface area contributed by atoms with E-state index in [2.05, 4.69) is 10.6 Å². The summed E-state index contributed by atoms with van der Waals surface area (Å²) in [6.45, 7) is 0. The molecule has 148 valence electrons. The van der Waals surface area contributed by atoms with Gasteiger partial charge in [-0.15, -0.1) is 0 Å². The first-order valence-corrected chi connectivity index (χ1v) is 9.71. The van der Waals surface area contributed by atoms with Crippen LogP contribution in [0.3, 0.4) is 0 Å². The molecule has 1 aromatic carbocycles. The maximum Gasteiger partial charge on any atom is 0.258 e. The van der Waals surface area contributed by atoms with Gasteiger partial charge in [0.2, 0.25) is 0 Å². The SMILES string of the molecule is NC1CC2CCCC(C1)C2NC(=O)c1ccc(F)cc1NC(=O)c1ccoc1. The molecule has 2 unspecified atom stereocenters. The lowest BCUT2D eigenvalue weighted by Crippen LogP contribution is -2.53. The molecule has 6 nitrogen and oxygen atoms in total. The first kappa shape index (κ1) is 18.7. The second-order valence-electron chi connectivity index (χ2n) is 7.84. The molecule has 2 aliphatic carbocycles. The Balaban J connectivity index is 1.53. The molecule has 2 aliphatic rings. The number of halogens is 1. The standard InChI is InChI=1S/C21H24FN3O3/c22-15-4-5-17(18(10-15)24-20(26)14-6-7-28-11-14)21(27)25-19-12-2-1-3-13(19)9-16(23)8-12/h4-7,10-13,16,19H,1-3,8-9,23H2,(H,24,26)(H,25,27). The molecule has 4 rings (SSSR count). The number of hydrogen-bond acceptors (Lipinski definition) is 4. The van der Waals surface area contributed by atoms with Crippen molar-refractivity contribution in [1.29, 1.82) is 0 Å². The largest absolute Gasteiger partial charge is 0.472 e. The summed E-state index contributed by atoms with van der Waals surface area (Å²) in [5, 5.41) is 5.75. The number of anilines is 1. The normalized spacial score (nSPS) is 26.5. The van der Waals surface area contributed by atoms with Crippen molar-refractivity contribution < 1.29 is 18.4 Å². The van der Waals surface area contributed by atoms with Crippen LogP contribution in [0.15, 0.2) is 41.2 Å². The van der Waals surface area contributed by atoms with Crippen molar-refractivity contribution in [2.24, 2.45) is 17.6 Å². The zero-order valence-corrected chi connectivity index (χ0v) is 15.5. The summed E-state index contributed by atoms with van der Waals surface area (Å²) in [5.74, 6) is -0.555. The summed E-state index contributed by atoms with van der Waals surface area (Å²) < 4.78 is 18.7. The third-order valence-corrected chi connectivity index (χ3v) is 5.93. The van der Waals surface area contributed by atoms with Gasteiger partial charge in [-0.1, -0.05) is 6.42 Å². The molecule has 0 spiro atoms. The third-order valence-electron chi connectivity index (χ3n) is 5.93. The second kappa shape index (κ2) is 7.75. The van der Waals surface area contributed by atoms with Gasteiger partial charge in [-0.3, -0.25) is 9.59 Å². The molecule has 2 bridgehead atoms. The zero-order valence-electron chi connectivity index (χ0n) is 15.5. The number of carbonyl (C=O) groups is 2. The Bertz CT molecular complexity index is 854. The Kier molecular flexibility index (Phi) is 5.17. The lowest BCUT2D eigenvalue weighted by Gasteiger charge is -2.45. The fraction of sp³-hybridized carbons (Fsp3) is 0.429. The second-order valence-corrected chi connectivity index (χ2v) is 7.84. The van der Waals surface area contributed by atoms with Crippen LogP contribution in [-0.2, 0) is 0 Å². The monoisotopic (exact) mass is 385 g/mol. The van der Waals surface area contributed by atoms with Crippen molar-refractivity contribution in [3.05, 3.63) is 53.7 Å². The van der Waals surface area contributed by atoms with Crippen LogP contribution in [0, 0.1) is 17.7 Å². The summed E-state index contributed by atoms with van der Waals surface area (Å²) in [5.41, 5.74) is 6.84. The molecule has 0 aliphatic heterocycles. The molecular formula is C21H24FN3O3. The van der Waals surface area contributed by atoms with Crippen LogP contribution in [0.5, 0.6) is 0 Å². The minimum absolute atomic E-state index is 0.0727. The molecule has 2 atom stereocenters. The quantitative estimate of drug-likeness (QED) is 0.752. The fourth-order valence-electron chi connectivity index (χ4n) is 4.66. The Hall–Kier alpha value is -2.67. The molecule has 28 heavy (non-hydrogen) atoms. The van der Waals surface area contributed by atoms with Crippen molar-refractivity contribution in [3.8, 4) is 0 Å². The lowest BCUT2D eigenvalue weighted by molar-refractivity contribution is 0.0756. The van der Waals surface area contributed by atoms with Gasteiger partial charge in [0, 0.05) is 12.1 Å². The number of fused-ring (bicyclic) bond motifs is 2. The van der Waals surface area contributed by atoms with Crippen molar-refractivity contribution in [3.63, 3.8) is 0 Å². The average Bonchev–Trinajstić information content (AvgIpc) is 3.17. The van der Waals surface area contributed by atoms with E-state index in [4.69, 9.17) is 10.2 Å². The molecule has 4 N–H and O–H groups in total. The number of furan rings is 1. The van der Waals surface area contributed by atoms with Gasteiger partial charge in [0.25, 0.3) is 11.8 Å². The fourth-order valence-corrected chi connectivity index (χ4v) is 4.66. The van der Waals surface area contributed by atoms with Gasteiger partial charge < -0.3 is 20.8 Å². The zero-order chi connectivity index (χ0) is 19.7.